The lowest BCUT2D eigenvalue weighted by Gasteiger charge is -2.37. The normalized spacial score (nSPS) is 24.9. The second-order valence-corrected chi connectivity index (χ2v) is 13.6. The van der Waals surface area contributed by atoms with Crippen LogP contribution in [0.25, 0.3) is 0 Å². The Bertz CT molecular complexity index is 581. The Morgan fingerprint density at radius 2 is 1.96 bits per heavy atom. The van der Waals surface area contributed by atoms with E-state index in [4.69, 9.17) is 14.9 Å². The number of hydrazone groups is 1. The molecule has 2 N–H and O–H groups in total. The minimum Gasteiger partial charge on any atom is -0.460 e. The van der Waals surface area contributed by atoms with Gasteiger partial charge >= 0.3 is 5.97 Å². The smallest absolute Gasteiger partial charge is 0.375 e. The summed E-state index contributed by atoms with van der Waals surface area (Å²) < 4.78 is 11.2. The third kappa shape index (κ3) is 4.85. The molecule has 1 aliphatic carbocycles. The van der Waals surface area contributed by atoms with Gasteiger partial charge in [0.1, 0.15) is 6.10 Å². The van der Waals surface area contributed by atoms with E-state index in [1.807, 2.05) is 0 Å². The molecule has 2 fully saturated rings. The predicted molar refractivity (Wildman–Crippen MR) is 103 cm³/mol. The van der Waals surface area contributed by atoms with Crippen molar-refractivity contribution in [3.8, 4) is 0 Å². The molecule has 0 aromatic heterocycles. The van der Waals surface area contributed by atoms with E-state index in [0.29, 0.717) is 12.3 Å². The quantitative estimate of drug-likeness (QED) is 0.329. The van der Waals surface area contributed by atoms with Crippen molar-refractivity contribution in [1.82, 2.24) is 5.01 Å². The number of nitrogens with two attached hydrogens (primary N) is 1. The Morgan fingerprint density at radius 3 is 2.46 bits per heavy atom. The SMILES string of the molecule is CCOC(=O)/C(N)=N/N1C(=O)C(O[Si](C)(C)C(C)(C)C)CC1CC1CC1. The van der Waals surface area contributed by atoms with Gasteiger partial charge in [0, 0.05) is 6.42 Å². The van der Waals surface area contributed by atoms with Gasteiger partial charge in [-0.1, -0.05) is 33.6 Å². The number of nitrogens with zero attached hydrogens (tertiary/aromatic N) is 2. The highest BCUT2D eigenvalue weighted by atomic mass is 28.4. The van der Waals surface area contributed by atoms with Crippen molar-refractivity contribution < 1.29 is 18.8 Å². The molecule has 1 aliphatic heterocycles. The first-order chi connectivity index (χ1) is 12.0. The standard InChI is InChI=1S/C18H33N3O4Si/c1-7-24-17(23)15(19)20-21-13(10-12-8-9-12)11-14(16(21)22)25-26(5,6)18(2,3)4/h12-14H,7-11H2,1-6H3,(H2,19,20). The molecule has 148 valence electrons. The molecule has 2 atom stereocenters. The third-order valence-corrected chi connectivity index (χ3v) is 10.1. The number of rotatable bonds is 6. The molecule has 1 heterocycles. The highest BCUT2D eigenvalue weighted by Crippen LogP contribution is 2.41. The van der Waals surface area contributed by atoms with Gasteiger partial charge in [0.2, 0.25) is 5.84 Å². The zero-order valence-corrected chi connectivity index (χ0v) is 17.9. The Balaban J connectivity index is 2.18. The van der Waals surface area contributed by atoms with E-state index in [1.165, 1.54) is 17.9 Å². The predicted octanol–water partition coefficient (Wildman–Crippen LogP) is 2.61. The number of carbonyl (C=O) groups is 2. The lowest BCUT2D eigenvalue weighted by atomic mass is 10.1. The van der Waals surface area contributed by atoms with Gasteiger partial charge in [-0.05, 0) is 37.4 Å². The van der Waals surface area contributed by atoms with E-state index in [0.717, 1.165) is 6.42 Å². The van der Waals surface area contributed by atoms with Crippen LogP contribution in [0.4, 0.5) is 0 Å². The molecule has 26 heavy (non-hydrogen) atoms. The summed E-state index contributed by atoms with van der Waals surface area (Å²) >= 11 is 0. The summed E-state index contributed by atoms with van der Waals surface area (Å²) in [5, 5.41) is 5.51. The van der Waals surface area contributed by atoms with Crippen LogP contribution < -0.4 is 5.73 Å². The highest BCUT2D eigenvalue weighted by Gasteiger charge is 2.48. The van der Waals surface area contributed by atoms with E-state index in [2.05, 4.69) is 39.0 Å². The maximum Gasteiger partial charge on any atom is 0.375 e. The summed E-state index contributed by atoms with van der Waals surface area (Å²) in [6.07, 6.45) is 3.33. The summed E-state index contributed by atoms with van der Waals surface area (Å²) in [6.45, 7) is 12.6. The zero-order valence-electron chi connectivity index (χ0n) is 16.9. The second-order valence-electron chi connectivity index (χ2n) is 8.82. The monoisotopic (exact) mass is 383 g/mol. The fraction of sp³-hybridized carbons (Fsp3) is 0.833. The summed E-state index contributed by atoms with van der Waals surface area (Å²) in [7, 11) is -2.09. The largest absolute Gasteiger partial charge is 0.460 e. The van der Waals surface area contributed by atoms with Crippen molar-refractivity contribution in [2.24, 2.45) is 16.8 Å². The topological polar surface area (TPSA) is 94.2 Å². The van der Waals surface area contributed by atoms with Crippen molar-refractivity contribution in [3.63, 3.8) is 0 Å². The number of esters is 1. The molecule has 1 saturated heterocycles. The van der Waals surface area contributed by atoms with E-state index >= 15 is 0 Å². The summed E-state index contributed by atoms with van der Waals surface area (Å²) in [6, 6.07) is -0.0715. The van der Waals surface area contributed by atoms with Crippen molar-refractivity contribution in [3.05, 3.63) is 0 Å². The van der Waals surface area contributed by atoms with Crippen LogP contribution in [0.5, 0.6) is 0 Å². The Kier molecular flexibility index (Phi) is 6.17. The van der Waals surface area contributed by atoms with Gasteiger partial charge in [-0.25, -0.2) is 9.80 Å². The number of amides is 1. The molecule has 2 aliphatic rings. The molecule has 2 rings (SSSR count). The summed E-state index contributed by atoms with van der Waals surface area (Å²) in [5.41, 5.74) is 5.75. The lowest BCUT2D eigenvalue weighted by Crippen LogP contribution is -2.46. The van der Waals surface area contributed by atoms with Crippen molar-refractivity contribution in [1.29, 1.82) is 0 Å². The minimum absolute atomic E-state index is 0.0138. The first kappa shape index (κ1) is 20.9. The molecule has 1 amide bonds. The van der Waals surface area contributed by atoms with E-state index in [1.54, 1.807) is 6.92 Å². The molecule has 0 aromatic rings. The van der Waals surface area contributed by atoms with Crippen LogP contribution >= 0.6 is 0 Å². The molecule has 0 bridgehead atoms. The van der Waals surface area contributed by atoms with Crippen LogP contribution in [0.3, 0.4) is 0 Å². The van der Waals surface area contributed by atoms with Crippen LogP contribution in [0.2, 0.25) is 18.1 Å². The van der Waals surface area contributed by atoms with Crippen molar-refractivity contribution in [2.75, 3.05) is 6.61 Å². The van der Waals surface area contributed by atoms with Gasteiger partial charge in [0.05, 0.1) is 12.6 Å². The summed E-state index contributed by atoms with van der Waals surface area (Å²) in [5.74, 6) is -0.554. The van der Waals surface area contributed by atoms with Crippen molar-refractivity contribution in [2.45, 2.75) is 83.7 Å². The average Bonchev–Trinajstić information content (AvgIpc) is 3.28. The molecular formula is C18H33N3O4Si. The van der Waals surface area contributed by atoms with E-state index in [-0.39, 0.29) is 29.4 Å². The van der Waals surface area contributed by atoms with Crippen LogP contribution in [0, 0.1) is 5.92 Å². The van der Waals surface area contributed by atoms with Crippen LogP contribution in [-0.2, 0) is 18.8 Å². The maximum absolute atomic E-state index is 12.9. The van der Waals surface area contributed by atoms with Gasteiger partial charge in [-0.15, -0.1) is 5.10 Å². The number of hydrogen-bond donors (Lipinski definition) is 1. The fourth-order valence-corrected chi connectivity index (χ4v) is 4.10. The average molecular weight is 384 g/mol. The third-order valence-electron chi connectivity index (χ3n) is 5.58. The fourth-order valence-electron chi connectivity index (χ4n) is 2.83. The molecule has 1 saturated carbocycles. The number of carbonyl (C=O) groups excluding carboxylic acids is 2. The Labute approximate surface area is 157 Å². The van der Waals surface area contributed by atoms with Gasteiger partial charge in [0.15, 0.2) is 8.32 Å². The number of amidine groups is 1. The van der Waals surface area contributed by atoms with Gasteiger partial charge in [0.25, 0.3) is 5.91 Å². The molecule has 8 heteroatoms. The molecule has 0 spiro atoms. The van der Waals surface area contributed by atoms with Crippen LogP contribution in [-0.4, -0.2) is 49.8 Å². The minimum atomic E-state index is -2.09. The Morgan fingerprint density at radius 1 is 1.35 bits per heavy atom. The molecule has 7 nitrogen and oxygen atoms in total. The maximum atomic E-state index is 12.9. The molecular weight excluding hydrogens is 350 g/mol. The number of hydrogen-bond acceptors (Lipinski definition) is 5. The van der Waals surface area contributed by atoms with Gasteiger partial charge in [-0.2, -0.15) is 0 Å². The van der Waals surface area contributed by atoms with Gasteiger partial charge in [-0.3, -0.25) is 4.79 Å². The first-order valence-electron chi connectivity index (χ1n) is 9.48. The zero-order chi connectivity index (χ0) is 19.7. The molecule has 0 aromatic carbocycles. The second kappa shape index (κ2) is 7.68. The highest BCUT2D eigenvalue weighted by molar-refractivity contribution is 6.74. The lowest BCUT2D eigenvalue weighted by molar-refractivity contribution is -0.135. The first-order valence-corrected chi connectivity index (χ1v) is 12.4. The molecule has 2 unspecified atom stereocenters. The van der Waals surface area contributed by atoms with Crippen LogP contribution in [0.1, 0.15) is 53.4 Å². The Hall–Kier alpha value is -1.41. The number of ether oxygens (including phenoxy) is 1. The molecule has 0 radical (unpaired) electrons. The van der Waals surface area contributed by atoms with E-state index < -0.39 is 20.4 Å². The van der Waals surface area contributed by atoms with E-state index in [9.17, 15) is 9.59 Å². The van der Waals surface area contributed by atoms with Gasteiger partial charge < -0.3 is 14.9 Å². The summed E-state index contributed by atoms with van der Waals surface area (Å²) in [4.78, 5) is 24.7. The van der Waals surface area contributed by atoms with Crippen LogP contribution in [0.15, 0.2) is 5.10 Å². The van der Waals surface area contributed by atoms with Crippen molar-refractivity contribution >= 4 is 26.0 Å².